The van der Waals surface area contributed by atoms with Gasteiger partial charge in [-0.05, 0) is 24.3 Å². The number of nitrogen functional groups attached to an aromatic ring is 1. The molecule has 18 heavy (non-hydrogen) atoms. The quantitative estimate of drug-likeness (QED) is 0.826. The lowest BCUT2D eigenvalue weighted by Crippen LogP contribution is -2.01. The van der Waals surface area contributed by atoms with E-state index in [9.17, 15) is 0 Å². The summed E-state index contributed by atoms with van der Waals surface area (Å²) in [6.45, 7) is 0.242. The lowest BCUT2D eigenvalue weighted by atomic mass is 10.2. The number of hydrogen-bond acceptors (Lipinski definition) is 2. The summed E-state index contributed by atoms with van der Waals surface area (Å²) in [7, 11) is 0. The summed E-state index contributed by atoms with van der Waals surface area (Å²) in [4.78, 5) is 0. The Balaban J connectivity index is 2.19. The van der Waals surface area contributed by atoms with Crippen molar-refractivity contribution in [2.75, 3.05) is 5.73 Å². The van der Waals surface area contributed by atoms with Gasteiger partial charge in [0, 0.05) is 27.4 Å². The maximum absolute atomic E-state index is 6.05. The van der Waals surface area contributed by atoms with Crippen molar-refractivity contribution in [1.29, 1.82) is 0 Å². The Labute approximate surface area is 120 Å². The van der Waals surface area contributed by atoms with Gasteiger partial charge in [0.05, 0.1) is 5.02 Å². The van der Waals surface area contributed by atoms with Gasteiger partial charge < -0.3 is 10.5 Å². The molecule has 0 atom stereocenters. The van der Waals surface area contributed by atoms with E-state index in [1.807, 2.05) is 0 Å². The molecule has 0 aliphatic rings. The van der Waals surface area contributed by atoms with E-state index in [1.165, 1.54) is 0 Å². The van der Waals surface area contributed by atoms with Crippen molar-refractivity contribution in [3.05, 3.63) is 57.0 Å². The molecule has 0 aliphatic heterocycles. The Morgan fingerprint density at radius 2 is 1.78 bits per heavy atom. The van der Waals surface area contributed by atoms with Crippen molar-refractivity contribution in [3.8, 4) is 5.75 Å². The fourth-order valence-electron chi connectivity index (χ4n) is 1.47. The zero-order valence-corrected chi connectivity index (χ0v) is 11.6. The molecule has 0 unspecified atom stereocenters. The van der Waals surface area contributed by atoms with Gasteiger partial charge >= 0.3 is 0 Å². The van der Waals surface area contributed by atoms with Crippen LogP contribution in [0.3, 0.4) is 0 Å². The summed E-state index contributed by atoms with van der Waals surface area (Å²) in [6, 6.07) is 10.3. The highest BCUT2D eigenvalue weighted by Gasteiger charge is 2.07. The topological polar surface area (TPSA) is 35.2 Å². The van der Waals surface area contributed by atoms with Gasteiger partial charge in [-0.15, -0.1) is 0 Å². The molecular weight excluding hydrogens is 293 g/mol. The van der Waals surface area contributed by atoms with E-state index in [1.54, 1.807) is 36.4 Å². The zero-order valence-electron chi connectivity index (χ0n) is 9.29. The van der Waals surface area contributed by atoms with Gasteiger partial charge in [0.1, 0.15) is 12.4 Å². The van der Waals surface area contributed by atoms with E-state index < -0.39 is 0 Å². The van der Waals surface area contributed by atoms with E-state index in [0.717, 1.165) is 5.56 Å². The molecule has 2 rings (SSSR count). The normalized spacial score (nSPS) is 10.4. The standard InChI is InChI=1S/C13H10Cl3NO/c14-8-4-5-11(16)13(6-8)18-7-9-10(15)2-1-3-12(9)17/h1-6H,7,17H2. The summed E-state index contributed by atoms with van der Waals surface area (Å²) in [5.74, 6) is 0.503. The number of ether oxygens (including phenoxy) is 1. The second-order valence-electron chi connectivity index (χ2n) is 3.67. The Kier molecular flexibility index (Phi) is 4.23. The highest BCUT2D eigenvalue weighted by molar-refractivity contribution is 6.34. The largest absolute Gasteiger partial charge is 0.487 e. The molecule has 94 valence electrons. The molecule has 0 fully saturated rings. The van der Waals surface area contributed by atoms with Gasteiger partial charge in [0.25, 0.3) is 0 Å². The van der Waals surface area contributed by atoms with E-state index in [0.29, 0.717) is 26.5 Å². The lowest BCUT2D eigenvalue weighted by molar-refractivity contribution is 0.307. The molecule has 0 radical (unpaired) electrons. The number of benzene rings is 2. The molecule has 2 aromatic rings. The summed E-state index contributed by atoms with van der Waals surface area (Å²) < 4.78 is 5.58. The number of hydrogen-bond donors (Lipinski definition) is 1. The molecule has 2 aromatic carbocycles. The molecule has 2 nitrogen and oxygen atoms in total. The van der Waals surface area contributed by atoms with Crippen molar-refractivity contribution >= 4 is 40.5 Å². The highest BCUT2D eigenvalue weighted by Crippen LogP contribution is 2.30. The highest BCUT2D eigenvalue weighted by atomic mass is 35.5. The minimum Gasteiger partial charge on any atom is -0.487 e. The second kappa shape index (κ2) is 5.70. The van der Waals surface area contributed by atoms with Crippen LogP contribution in [0.2, 0.25) is 15.1 Å². The molecule has 0 bridgehead atoms. The van der Waals surface area contributed by atoms with Crippen LogP contribution in [0.4, 0.5) is 5.69 Å². The van der Waals surface area contributed by atoms with Gasteiger partial charge in [-0.2, -0.15) is 0 Å². The van der Waals surface area contributed by atoms with Gasteiger partial charge in [-0.25, -0.2) is 0 Å². The first-order valence-corrected chi connectivity index (χ1v) is 6.32. The van der Waals surface area contributed by atoms with Crippen molar-refractivity contribution in [1.82, 2.24) is 0 Å². The number of nitrogens with two attached hydrogens (primary N) is 1. The van der Waals surface area contributed by atoms with Crippen LogP contribution in [0.15, 0.2) is 36.4 Å². The van der Waals surface area contributed by atoms with Crippen molar-refractivity contribution in [3.63, 3.8) is 0 Å². The van der Waals surface area contributed by atoms with E-state index in [2.05, 4.69) is 0 Å². The Bertz CT molecular complexity index is 552. The monoisotopic (exact) mass is 301 g/mol. The SMILES string of the molecule is Nc1cccc(Cl)c1COc1cc(Cl)ccc1Cl. The Hall–Kier alpha value is -1.09. The Morgan fingerprint density at radius 3 is 2.50 bits per heavy atom. The van der Waals surface area contributed by atoms with Crippen LogP contribution in [-0.4, -0.2) is 0 Å². The molecule has 0 spiro atoms. The van der Waals surface area contributed by atoms with Crippen molar-refractivity contribution in [2.24, 2.45) is 0 Å². The molecular formula is C13H10Cl3NO. The minimum absolute atomic E-state index is 0.242. The summed E-state index contributed by atoms with van der Waals surface area (Å²) in [5, 5.41) is 1.61. The first-order chi connectivity index (χ1) is 8.58. The maximum Gasteiger partial charge on any atom is 0.139 e. The van der Waals surface area contributed by atoms with Crippen LogP contribution in [0, 0.1) is 0 Å². The van der Waals surface area contributed by atoms with Crippen molar-refractivity contribution < 1.29 is 4.74 Å². The predicted octanol–water partition coefficient (Wildman–Crippen LogP) is 4.81. The van der Waals surface area contributed by atoms with Crippen LogP contribution in [0.1, 0.15) is 5.56 Å². The average Bonchev–Trinajstić information content (AvgIpc) is 2.33. The third-order valence-electron chi connectivity index (χ3n) is 2.42. The fourth-order valence-corrected chi connectivity index (χ4v) is 2.04. The average molecular weight is 303 g/mol. The van der Waals surface area contributed by atoms with Crippen LogP contribution >= 0.6 is 34.8 Å². The number of halogens is 3. The van der Waals surface area contributed by atoms with E-state index in [4.69, 9.17) is 45.3 Å². The minimum atomic E-state index is 0.242. The third-order valence-corrected chi connectivity index (χ3v) is 3.32. The number of rotatable bonds is 3. The van der Waals surface area contributed by atoms with Gasteiger partial charge in [0.2, 0.25) is 0 Å². The molecule has 0 heterocycles. The number of anilines is 1. The second-order valence-corrected chi connectivity index (χ2v) is 4.92. The van der Waals surface area contributed by atoms with E-state index in [-0.39, 0.29) is 6.61 Å². The molecule has 2 N–H and O–H groups in total. The molecule has 0 saturated heterocycles. The molecule has 5 heteroatoms. The summed E-state index contributed by atoms with van der Waals surface area (Å²) >= 11 is 17.9. The summed E-state index contributed by atoms with van der Waals surface area (Å²) in [5.41, 5.74) is 7.15. The Morgan fingerprint density at radius 1 is 1.00 bits per heavy atom. The van der Waals surface area contributed by atoms with Gasteiger partial charge in [0.15, 0.2) is 0 Å². The lowest BCUT2D eigenvalue weighted by Gasteiger charge is -2.11. The van der Waals surface area contributed by atoms with E-state index >= 15 is 0 Å². The third kappa shape index (κ3) is 3.02. The molecule has 0 amide bonds. The first kappa shape index (κ1) is 13.3. The maximum atomic E-state index is 6.05. The molecule has 0 saturated carbocycles. The molecule has 0 aliphatic carbocycles. The summed E-state index contributed by atoms with van der Waals surface area (Å²) in [6.07, 6.45) is 0. The van der Waals surface area contributed by atoms with Crippen LogP contribution in [-0.2, 0) is 6.61 Å². The predicted molar refractivity (Wildman–Crippen MR) is 76.7 cm³/mol. The van der Waals surface area contributed by atoms with Crippen LogP contribution < -0.4 is 10.5 Å². The van der Waals surface area contributed by atoms with Crippen LogP contribution in [0.5, 0.6) is 5.75 Å². The van der Waals surface area contributed by atoms with Crippen LogP contribution in [0.25, 0.3) is 0 Å². The van der Waals surface area contributed by atoms with Gasteiger partial charge in [-0.3, -0.25) is 0 Å². The first-order valence-electron chi connectivity index (χ1n) is 5.18. The molecule has 0 aromatic heterocycles. The van der Waals surface area contributed by atoms with Gasteiger partial charge in [-0.1, -0.05) is 40.9 Å². The zero-order chi connectivity index (χ0) is 13.1. The smallest absolute Gasteiger partial charge is 0.139 e. The van der Waals surface area contributed by atoms with Crippen molar-refractivity contribution in [2.45, 2.75) is 6.61 Å². The fraction of sp³-hybridized carbons (Fsp3) is 0.0769.